The van der Waals surface area contributed by atoms with Gasteiger partial charge in [-0.15, -0.1) is 0 Å². The summed E-state index contributed by atoms with van der Waals surface area (Å²) >= 11 is 6.30. The lowest BCUT2D eigenvalue weighted by molar-refractivity contribution is -0.122. The van der Waals surface area contributed by atoms with Gasteiger partial charge in [-0.25, -0.2) is 0 Å². The van der Waals surface area contributed by atoms with Gasteiger partial charge in [0.15, 0.2) is 17.7 Å². The number of benzene rings is 3. The average molecular weight is 431 g/mol. The van der Waals surface area contributed by atoms with Crippen molar-refractivity contribution in [1.82, 2.24) is 0 Å². The largest absolute Gasteiger partial charge is 0.480 e. The number of halogens is 1. The Kier molecular flexibility index (Phi) is 5.28. The first-order valence-electron chi connectivity index (χ1n) is 9.39. The Bertz CT molecular complexity index is 1290. The van der Waals surface area contributed by atoms with E-state index in [0.29, 0.717) is 16.7 Å². The molecule has 6 nitrogen and oxygen atoms in total. The number of hydrogen-bond acceptors (Lipinski definition) is 5. The predicted molar refractivity (Wildman–Crippen MR) is 115 cm³/mol. The minimum atomic E-state index is -0.945. The molecule has 0 saturated heterocycles. The van der Waals surface area contributed by atoms with E-state index in [2.05, 4.69) is 5.32 Å². The van der Waals surface area contributed by atoms with E-state index >= 15 is 0 Å². The topological polar surface area (TPSA) is 96.3 Å². The van der Waals surface area contributed by atoms with Crippen LogP contribution in [0.4, 0.5) is 5.69 Å². The molecule has 7 heteroatoms. The Hall–Kier alpha value is -3.95. The molecule has 0 spiro atoms. The first kappa shape index (κ1) is 20.3. The summed E-state index contributed by atoms with van der Waals surface area (Å²) in [6.45, 7) is 1.53. The molecule has 0 radical (unpaired) electrons. The third kappa shape index (κ3) is 3.67. The zero-order valence-electron chi connectivity index (χ0n) is 16.3. The summed E-state index contributed by atoms with van der Waals surface area (Å²) in [5, 5.41) is 11.9. The first-order chi connectivity index (χ1) is 14.9. The number of rotatable bonds is 4. The van der Waals surface area contributed by atoms with Gasteiger partial charge >= 0.3 is 0 Å². The molecule has 0 saturated carbocycles. The minimum Gasteiger partial charge on any atom is -0.480 e. The Labute approximate surface area is 183 Å². The second-order valence-corrected chi connectivity index (χ2v) is 7.35. The number of ketones is 2. The van der Waals surface area contributed by atoms with E-state index in [1.54, 1.807) is 48.5 Å². The first-order valence-corrected chi connectivity index (χ1v) is 9.77. The third-order valence-corrected chi connectivity index (χ3v) is 5.26. The number of nitrogens with one attached hydrogen (secondary N) is 1. The fourth-order valence-corrected chi connectivity index (χ4v) is 3.57. The Morgan fingerprint density at radius 1 is 0.968 bits per heavy atom. The van der Waals surface area contributed by atoms with Crippen LogP contribution in [0.15, 0.2) is 60.7 Å². The highest BCUT2D eigenvalue weighted by atomic mass is 35.5. The summed E-state index contributed by atoms with van der Waals surface area (Å²) in [4.78, 5) is 38.3. The Balaban J connectivity index is 1.60. The van der Waals surface area contributed by atoms with Crippen LogP contribution < -0.4 is 10.1 Å². The van der Waals surface area contributed by atoms with Crippen LogP contribution in [0.1, 0.15) is 44.3 Å². The molecular weight excluding hydrogens is 416 g/mol. The molecule has 1 aliphatic rings. The maximum absolute atomic E-state index is 12.9. The fourth-order valence-electron chi connectivity index (χ4n) is 3.35. The van der Waals surface area contributed by atoms with E-state index in [0.717, 1.165) is 0 Å². The van der Waals surface area contributed by atoms with Crippen LogP contribution in [0.25, 0.3) is 0 Å². The molecule has 0 heterocycles. The monoisotopic (exact) mass is 430 g/mol. The predicted octanol–water partition coefficient (Wildman–Crippen LogP) is 4.39. The molecule has 0 unspecified atom stereocenters. The van der Waals surface area contributed by atoms with E-state index in [-0.39, 0.29) is 39.2 Å². The highest BCUT2D eigenvalue weighted by molar-refractivity contribution is 6.36. The molecule has 1 atom stereocenters. The molecule has 3 aromatic rings. The van der Waals surface area contributed by atoms with Gasteiger partial charge in [0.25, 0.3) is 5.91 Å². The lowest BCUT2D eigenvalue weighted by Gasteiger charge is -2.20. The van der Waals surface area contributed by atoms with Crippen LogP contribution in [-0.2, 0) is 4.79 Å². The maximum Gasteiger partial charge on any atom is 0.265 e. The van der Waals surface area contributed by atoms with Crippen LogP contribution in [0.2, 0.25) is 5.02 Å². The van der Waals surface area contributed by atoms with Gasteiger partial charge in [-0.05, 0) is 31.2 Å². The lowest BCUT2D eigenvalue weighted by Crippen LogP contribution is -2.31. The standard InChI is InChI=1S/C24H15ClN2O4/c1-13(31-21-9-5-2-6-14(21)12-26)24(30)27-20-11-18-17(10-19(20)25)22(28)15-7-3-4-8-16(15)23(18)29/h2-11,13H,1H3,(H,27,30)/t13-/m1/s1. The molecule has 0 fully saturated rings. The molecule has 4 rings (SSSR count). The molecule has 0 bridgehead atoms. The van der Waals surface area contributed by atoms with Gasteiger partial charge in [-0.1, -0.05) is 48.0 Å². The van der Waals surface area contributed by atoms with Gasteiger partial charge in [0.05, 0.1) is 16.3 Å². The number of nitrogens with zero attached hydrogens (tertiary/aromatic N) is 1. The van der Waals surface area contributed by atoms with Crippen molar-refractivity contribution in [1.29, 1.82) is 5.26 Å². The Morgan fingerprint density at radius 3 is 2.19 bits per heavy atom. The van der Waals surface area contributed by atoms with Gasteiger partial charge < -0.3 is 10.1 Å². The molecule has 0 aliphatic heterocycles. The summed E-state index contributed by atoms with van der Waals surface area (Å²) in [6, 6.07) is 17.9. The quantitative estimate of drug-likeness (QED) is 0.517. The van der Waals surface area contributed by atoms with E-state index < -0.39 is 12.0 Å². The Morgan fingerprint density at radius 2 is 1.55 bits per heavy atom. The smallest absolute Gasteiger partial charge is 0.265 e. The number of anilines is 1. The van der Waals surface area contributed by atoms with Crippen LogP contribution in [0.5, 0.6) is 5.75 Å². The van der Waals surface area contributed by atoms with Gasteiger partial charge in [-0.2, -0.15) is 5.26 Å². The van der Waals surface area contributed by atoms with Crippen molar-refractivity contribution < 1.29 is 19.1 Å². The molecule has 152 valence electrons. The molecule has 1 amide bonds. The van der Waals surface area contributed by atoms with E-state index in [9.17, 15) is 14.4 Å². The number of para-hydroxylation sites is 1. The number of carbonyl (C=O) groups is 3. The van der Waals surface area contributed by atoms with Crippen LogP contribution in [0.3, 0.4) is 0 Å². The number of amides is 1. The third-order valence-electron chi connectivity index (χ3n) is 4.95. The van der Waals surface area contributed by atoms with Crippen molar-refractivity contribution in [3.63, 3.8) is 0 Å². The molecule has 0 aromatic heterocycles. The second kappa shape index (κ2) is 8.05. The lowest BCUT2D eigenvalue weighted by atomic mass is 9.84. The van der Waals surface area contributed by atoms with Crippen molar-refractivity contribution in [2.45, 2.75) is 13.0 Å². The number of carbonyl (C=O) groups excluding carboxylic acids is 3. The van der Waals surface area contributed by atoms with Gasteiger partial charge in [0.2, 0.25) is 0 Å². The summed E-state index contributed by atoms with van der Waals surface area (Å²) in [7, 11) is 0. The summed E-state index contributed by atoms with van der Waals surface area (Å²) < 4.78 is 5.61. The molecule has 31 heavy (non-hydrogen) atoms. The SMILES string of the molecule is C[C@@H](Oc1ccccc1C#N)C(=O)Nc1cc2c(cc1Cl)C(=O)c1ccccc1C2=O. The van der Waals surface area contributed by atoms with Crippen molar-refractivity contribution in [2.75, 3.05) is 5.32 Å². The van der Waals surface area contributed by atoms with Gasteiger partial charge in [0.1, 0.15) is 11.8 Å². The van der Waals surface area contributed by atoms with Crippen molar-refractivity contribution in [3.05, 3.63) is 93.5 Å². The van der Waals surface area contributed by atoms with E-state index in [1.165, 1.54) is 19.1 Å². The summed E-state index contributed by atoms with van der Waals surface area (Å²) in [6.07, 6.45) is -0.945. The fraction of sp³-hybridized carbons (Fsp3) is 0.0833. The van der Waals surface area contributed by atoms with Gasteiger partial charge in [0, 0.05) is 22.3 Å². The van der Waals surface area contributed by atoms with Crippen LogP contribution in [-0.4, -0.2) is 23.6 Å². The maximum atomic E-state index is 12.9. The summed E-state index contributed by atoms with van der Waals surface area (Å²) in [5.74, 6) is -0.856. The molecule has 1 N–H and O–H groups in total. The molecular formula is C24H15ClN2O4. The number of nitriles is 1. The number of fused-ring (bicyclic) bond motifs is 2. The normalized spacial score (nSPS) is 12.9. The van der Waals surface area contributed by atoms with Crippen LogP contribution >= 0.6 is 11.6 Å². The number of ether oxygens (including phenoxy) is 1. The average Bonchev–Trinajstić information content (AvgIpc) is 2.78. The highest BCUT2D eigenvalue weighted by Crippen LogP contribution is 2.33. The van der Waals surface area contributed by atoms with E-state index in [4.69, 9.17) is 21.6 Å². The highest BCUT2D eigenvalue weighted by Gasteiger charge is 2.31. The summed E-state index contributed by atoms with van der Waals surface area (Å²) in [5.41, 5.74) is 1.49. The zero-order valence-corrected chi connectivity index (χ0v) is 17.1. The van der Waals surface area contributed by atoms with Crippen molar-refractivity contribution in [2.24, 2.45) is 0 Å². The van der Waals surface area contributed by atoms with Crippen molar-refractivity contribution >= 4 is 34.8 Å². The molecule has 1 aliphatic carbocycles. The van der Waals surface area contributed by atoms with E-state index in [1.807, 2.05) is 6.07 Å². The zero-order chi connectivity index (χ0) is 22.1. The number of hydrogen-bond donors (Lipinski definition) is 1. The molecule has 3 aromatic carbocycles. The minimum absolute atomic E-state index is 0.122. The van der Waals surface area contributed by atoms with Crippen LogP contribution in [0, 0.1) is 11.3 Å². The van der Waals surface area contributed by atoms with Crippen molar-refractivity contribution in [3.8, 4) is 11.8 Å². The van der Waals surface area contributed by atoms with Gasteiger partial charge in [-0.3, -0.25) is 14.4 Å². The second-order valence-electron chi connectivity index (χ2n) is 6.94.